The van der Waals surface area contributed by atoms with Crippen LogP contribution in [0.15, 0.2) is 54.6 Å². The topological polar surface area (TPSA) is 52.6 Å². The average Bonchev–Trinajstić information content (AvgIpc) is 2.76. The van der Waals surface area contributed by atoms with E-state index in [1.807, 2.05) is 26.0 Å². The molecule has 3 rings (SSSR count). The molecule has 158 valence electrons. The first-order valence-corrected chi connectivity index (χ1v) is 10.0. The number of ether oxygens (including phenoxy) is 3. The summed E-state index contributed by atoms with van der Waals surface area (Å²) in [6.07, 6.45) is -0.705. The van der Waals surface area contributed by atoms with Gasteiger partial charge in [-0.1, -0.05) is 23.7 Å². The van der Waals surface area contributed by atoms with Gasteiger partial charge in [-0.15, -0.1) is 0 Å². The Morgan fingerprint density at radius 3 is 2.20 bits per heavy atom. The number of aromatic nitrogens is 1. The first-order valence-electron chi connectivity index (χ1n) is 9.66. The van der Waals surface area contributed by atoms with E-state index in [9.17, 15) is 0 Å². The summed E-state index contributed by atoms with van der Waals surface area (Å²) in [6, 6.07) is 15.7. The van der Waals surface area contributed by atoms with Crippen LogP contribution >= 0.6 is 11.6 Å². The van der Waals surface area contributed by atoms with Crippen LogP contribution < -0.4 is 10.1 Å². The minimum atomic E-state index is -0.705. The summed E-state index contributed by atoms with van der Waals surface area (Å²) >= 11 is 5.99. The maximum atomic E-state index is 15.4. The van der Waals surface area contributed by atoms with Gasteiger partial charge in [-0.3, -0.25) is 0 Å². The highest BCUT2D eigenvalue weighted by molar-refractivity contribution is 6.30. The molecule has 0 saturated heterocycles. The van der Waals surface area contributed by atoms with E-state index in [0.717, 1.165) is 0 Å². The molecular weight excluding hydrogens is 407 g/mol. The first-order chi connectivity index (χ1) is 14.5. The van der Waals surface area contributed by atoms with Gasteiger partial charge in [-0.05, 0) is 56.3 Å². The Labute approximate surface area is 180 Å². The van der Waals surface area contributed by atoms with Gasteiger partial charge in [0.05, 0.1) is 18.5 Å². The molecule has 30 heavy (non-hydrogen) atoms. The molecule has 0 spiro atoms. The fraction of sp³-hybridized carbons (Fsp3) is 0.261. The molecule has 0 unspecified atom stereocenters. The number of pyridine rings is 1. The molecule has 1 aromatic heterocycles. The zero-order valence-electron chi connectivity index (χ0n) is 17.1. The van der Waals surface area contributed by atoms with Crippen molar-refractivity contribution in [3.05, 3.63) is 71.1 Å². The molecule has 0 saturated carbocycles. The zero-order valence-corrected chi connectivity index (χ0v) is 17.9. The van der Waals surface area contributed by atoms with Gasteiger partial charge in [0.2, 0.25) is 6.29 Å². The van der Waals surface area contributed by atoms with Gasteiger partial charge in [-0.25, -0.2) is 9.37 Å². The van der Waals surface area contributed by atoms with Crippen molar-refractivity contribution in [3.63, 3.8) is 0 Å². The third-order valence-electron chi connectivity index (χ3n) is 4.34. The molecule has 1 heterocycles. The van der Waals surface area contributed by atoms with Gasteiger partial charge in [0, 0.05) is 29.5 Å². The number of nitrogens with one attached hydrogen (secondary N) is 1. The van der Waals surface area contributed by atoms with Crippen LogP contribution in [0.25, 0.3) is 11.3 Å². The number of benzene rings is 2. The summed E-state index contributed by atoms with van der Waals surface area (Å²) in [4.78, 5) is 4.51. The maximum absolute atomic E-state index is 15.4. The fourth-order valence-electron chi connectivity index (χ4n) is 2.91. The summed E-state index contributed by atoms with van der Waals surface area (Å²) in [6.45, 7) is 4.60. The molecule has 0 radical (unpaired) electrons. The second-order valence-electron chi connectivity index (χ2n) is 6.36. The maximum Gasteiger partial charge on any atom is 0.201 e. The van der Waals surface area contributed by atoms with Crippen molar-refractivity contribution in [2.45, 2.75) is 20.1 Å². The van der Waals surface area contributed by atoms with E-state index in [1.54, 1.807) is 49.6 Å². The lowest BCUT2D eigenvalue weighted by Crippen LogP contribution is -2.12. The molecule has 1 N–H and O–H groups in total. The van der Waals surface area contributed by atoms with Gasteiger partial charge >= 0.3 is 0 Å². The summed E-state index contributed by atoms with van der Waals surface area (Å²) in [7, 11) is 1.59. The Balaban J connectivity index is 2.07. The van der Waals surface area contributed by atoms with E-state index >= 15 is 4.39 Å². The zero-order chi connectivity index (χ0) is 21.5. The number of anilines is 2. The minimum absolute atomic E-state index is 0.185. The van der Waals surface area contributed by atoms with Crippen molar-refractivity contribution in [1.29, 1.82) is 0 Å². The number of hydrogen-bond acceptors (Lipinski definition) is 5. The highest BCUT2D eigenvalue weighted by Crippen LogP contribution is 2.33. The van der Waals surface area contributed by atoms with Crippen LogP contribution in [-0.2, 0) is 9.47 Å². The van der Waals surface area contributed by atoms with Gasteiger partial charge in [-0.2, -0.15) is 0 Å². The lowest BCUT2D eigenvalue weighted by molar-refractivity contribution is -0.142. The van der Waals surface area contributed by atoms with E-state index in [4.69, 9.17) is 25.8 Å². The van der Waals surface area contributed by atoms with Crippen LogP contribution in [0, 0.1) is 5.82 Å². The summed E-state index contributed by atoms with van der Waals surface area (Å²) in [5.41, 5.74) is 2.23. The summed E-state index contributed by atoms with van der Waals surface area (Å²) in [5, 5.41) is 3.68. The Morgan fingerprint density at radius 2 is 1.63 bits per heavy atom. The molecule has 0 fully saturated rings. The smallest absolute Gasteiger partial charge is 0.201 e. The van der Waals surface area contributed by atoms with Crippen molar-refractivity contribution in [1.82, 2.24) is 4.98 Å². The third kappa shape index (κ3) is 5.27. The summed E-state index contributed by atoms with van der Waals surface area (Å²) in [5.74, 6) is 0.231. The molecular formula is C23H24ClFN2O3. The quantitative estimate of drug-likeness (QED) is 0.400. The first kappa shape index (κ1) is 22.0. The normalized spacial score (nSPS) is 11.0. The van der Waals surface area contributed by atoms with E-state index < -0.39 is 12.1 Å². The second-order valence-corrected chi connectivity index (χ2v) is 6.80. The predicted molar refractivity (Wildman–Crippen MR) is 117 cm³/mol. The third-order valence-corrected chi connectivity index (χ3v) is 4.59. The highest BCUT2D eigenvalue weighted by Gasteiger charge is 2.21. The molecule has 7 heteroatoms. The monoisotopic (exact) mass is 430 g/mol. The van der Waals surface area contributed by atoms with Gasteiger partial charge < -0.3 is 19.5 Å². The van der Waals surface area contributed by atoms with Crippen molar-refractivity contribution in [3.8, 4) is 17.0 Å². The van der Waals surface area contributed by atoms with Crippen LogP contribution in [-0.4, -0.2) is 25.3 Å². The van der Waals surface area contributed by atoms with Gasteiger partial charge in [0.15, 0.2) is 5.82 Å². The van der Waals surface area contributed by atoms with Crippen LogP contribution in [0.5, 0.6) is 5.75 Å². The van der Waals surface area contributed by atoms with Crippen molar-refractivity contribution < 1.29 is 18.6 Å². The molecule has 0 bridgehead atoms. The van der Waals surface area contributed by atoms with Crippen LogP contribution in [0.2, 0.25) is 5.02 Å². The molecule has 2 aromatic carbocycles. The molecule has 0 aliphatic rings. The Morgan fingerprint density at radius 1 is 1.00 bits per heavy atom. The highest BCUT2D eigenvalue weighted by atomic mass is 35.5. The van der Waals surface area contributed by atoms with E-state index in [-0.39, 0.29) is 11.4 Å². The van der Waals surface area contributed by atoms with E-state index in [1.165, 1.54) is 0 Å². The lowest BCUT2D eigenvalue weighted by Gasteiger charge is -2.19. The molecule has 0 amide bonds. The minimum Gasteiger partial charge on any atom is -0.497 e. The number of halogens is 2. The number of rotatable bonds is 9. The molecule has 5 nitrogen and oxygen atoms in total. The predicted octanol–water partition coefficient (Wildman–Crippen LogP) is 6.36. The van der Waals surface area contributed by atoms with Crippen molar-refractivity contribution in [2.24, 2.45) is 0 Å². The number of hydrogen-bond donors (Lipinski definition) is 1. The number of methoxy groups -OCH3 is 1. The van der Waals surface area contributed by atoms with E-state index in [0.29, 0.717) is 40.9 Å². The Bertz CT molecular complexity index is 959. The molecule has 0 aliphatic carbocycles. The summed E-state index contributed by atoms with van der Waals surface area (Å²) < 4.78 is 32.0. The standard InChI is InChI=1S/C23H24ClFN2O3/c1-4-29-23(30-5-2)20-14-19(26-17-10-12-18(28-3)13-11-17)21(25)22(27-20)15-6-8-16(24)9-7-15/h6-14,23H,4-5H2,1-3H3,(H,26,27). The molecule has 0 aliphatic heterocycles. The lowest BCUT2D eigenvalue weighted by atomic mass is 10.1. The van der Waals surface area contributed by atoms with Crippen molar-refractivity contribution in [2.75, 3.05) is 25.6 Å². The Hall–Kier alpha value is -2.67. The Kier molecular flexibility index (Phi) is 7.63. The van der Waals surface area contributed by atoms with Crippen LogP contribution in [0.3, 0.4) is 0 Å². The van der Waals surface area contributed by atoms with E-state index in [2.05, 4.69) is 10.3 Å². The largest absolute Gasteiger partial charge is 0.497 e. The van der Waals surface area contributed by atoms with Crippen LogP contribution in [0.4, 0.5) is 15.8 Å². The van der Waals surface area contributed by atoms with Crippen molar-refractivity contribution >= 4 is 23.0 Å². The van der Waals surface area contributed by atoms with Crippen LogP contribution in [0.1, 0.15) is 25.8 Å². The molecule has 0 atom stereocenters. The SMILES string of the molecule is CCOC(OCC)c1cc(Nc2ccc(OC)cc2)c(F)c(-c2ccc(Cl)cc2)n1. The second kappa shape index (κ2) is 10.4. The van der Waals surface area contributed by atoms with Gasteiger partial charge in [0.1, 0.15) is 11.4 Å². The van der Waals surface area contributed by atoms with Gasteiger partial charge in [0.25, 0.3) is 0 Å². The average molecular weight is 431 g/mol. The molecule has 3 aromatic rings. The fourth-order valence-corrected chi connectivity index (χ4v) is 3.04. The number of nitrogens with zero attached hydrogens (tertiary/aromatic N) is 1.